The topological polar surface area (TPSA) is 56.8 Å². The van der Waals surface area contributed by atoms with Crippen LogP contribution in [0.1, 0.15) is 18.9 Å². The Bertz CT molecular complexity index is 883. The lowest BCUT2D eigenvalue weighted by Crippen LogP contribution is -2.38. The first-order valence-corrected chi connectivity index (χ1v) is 9.44. The number of benzene rings is 1. The minimum absolute atomic E-state index is 0.160. The SMILES string of the molecule is CCOc1nc(N2CCC(F)(F)C2)c2c(n1)N(Cc1ccccc1Cl)N(C)N2. The Hall–Kier alpha value is -2.39. The molecule has 0 aliphatic carbocycles. The van der Waals surface area contributed by atoms with E-state index in [1.807, 2.05) is 43.2 Å². The van der Waals surface area contributed by atoms with Crippen LogP contribution in [-0.2, 0) is 6.54 Å². The highest BCUT2D eigenvalue weighted by Gasteiger charge is 2.41. The summed E-state index contributed by atoms with van der Waals surface area (Å²) in [6, 6.07) is 7.69. The van der Waals surface area contributed by atoms with Crippen molar-refractivity contribution in [1.82, 2.24) is 15.1 Å². The molecule has 1 fully saturated rings. The minimum atomic E-state index is -2.73. The average molecular weight is 411 g/mol. The first-order valence-electron chi connectivity index (χ1n) is 9.07. The molecule has 4 rings (SSSR count). The van der Waals surface area contributed by atoms with Crippen LogP contribution in [0.5, 0.6) is 6.01 Å². The summed E-state index contributed by atoms with van der Waals surface area (Å²) in [4.78, 5) is 10.5. The number of hydrogen-bond acceptors (Lipinski definition) is 7. The van der Waals surface area contributed by atoms with Crippen molar-refractivity contribution in [3.05, 3.63) is 34.9 Å². The van der Waals surface area contributed by atoms with E-state index in [9.17, 15) is 8.78 Å². The summed E-state index contributed by atoms with van der Waals surface area (Å²) in [5.41, 5.74) is 4.67. The Kier molecular flexibility index (Phi) is 4.88. The highest BCUT2D eigenvalue weighted by atomic mass is 35.5. The van der Waals surface area contributed by atoms with E-state index < -0.39 is 5.92 Å². The second kappa shape index (κ2) is 7.21. The van der Waals surface area contributed by atoms with Gasteiger partial charge in [0.2, 0.25) is 0 Å². The van der Waals surface area contributed by atoms with Gasteiger partial charge in [0.1, 0.15) is 5.69 Å². The molecule has 0 bridgehead atoms. The molecule has 0 spiro atoms. The van der Waals surface area contributed by atoms with Gasteiger partial charge >= 0.3 is 6.01 Å². The summed E-state index contributed by atoms with van der Waals surface area (Å²) in [6.45, 7) is 2.50. The number of hydrogen-bond donors (Lipinski definition) is 1. The third-order valence-electron chi connectivity index (χ3n) is 4.75. The van der Waals surface area contributed by atoms with E-state index in [2.05, 4.69) is 15.4 Å². The van der Waals surface area contributed by atoms with Crippen LogP contribution in [0.3, 0.4) is 0 Å². The molecule has 28 heavy (non-hydrogen) atoms. The van der Waals surface area contributed by atoms with E-state index in [0.717, 1.165) is 5.56 Å². The summed E-state index contributed by atoms with van der Waals surface area (Å²) < 4.78 is 33.1. The van der Waals surface area contributed by atoms with Gasteiger partial charge in [0.05, 0.1) is 19.7 Å². The van der Waals surface area contributed by atoms with Crippen LogP contribution >= 0.6 is 11.6 Å². The number of alkyl halides is 2. The number of rotatable bonds is 5. The maximum absolute atomic E-state index is 13.8. The third-order valence-corrected chi connectivity index (χ3v) is 5.12. The van der Waals surface area contributed by atoms with Gasteiger partial charge < -0.3 is 9.64 Å². The van der Waals surface area contributed by atoms with Gasteiger partial charge in [-0.15, -0.1) is 5.12 Å². The van der Waals surface area contributed by atoms with Gasteiger partial charge in [-0.05, 0) is 18.6 Å². The maximum atomic E-state index is 13.8. The Morgan fingerprint density at radius 3 is 2.68 bits per heavy atom. The molecule has 0 unspecified atom stereocenters. The largest absolute Gasteiger partial charge is 0.464 e. The molecule has 1 N–H and O–H groups in total. The number of fused-ring (bicyclic) bond motifs is 1. The van der Waals surface area contributed by atoms with Crippen LogP contribution in [0.2, 0.25) is 5.02 Å². The van der Waals surface area contributed by atoms with Crippen molar-refractivity contribution in [3.8, 4) is 6.01 Å². The number of ether oxygens (including phenoxy) is 1. The Morgan fingerprint density at radius 1 is 1.25 bits per heavy atom. The van der Waals surface area contributed by atoms with Gasteiger partial charge in [-0.2, -0.15) is 9.97 Å². The second-order valence-corrected chi connectivity index (χ2v) is 7.18. The molecule has 0 radical (unpaired) electrons. The van der Waals surface area contributed by atoms with Gasteiger partial charge in [0.25, 0.3) is 5.92 Å². The van der Waals surface area contributed by atoms with Crippen molar-refractivity contribution in [1.29, 1.82) is 0 Å². The van der Waals surface area contributed by atoms with Crippen molar-refractivity contribution in [3.63, 3.8) is 0 Å². The van der Waals surface area contributed by atoms with Crippen molar-refractivity contribution in [2.45, 2.75) is 25.8 Å². The predicted octanol–water partition coefficient (Wildman–Crippen LogP) is 3.57. The first-order chi connectivity index (χ1) is 13.4. The molecule has 0 saturated carbocycles. The molecule has 0 amide bonds. The normalized spacial score (nSPS) is 18.3. The van der Waals surface area contributed by atoms with Crippen LogP contribution < -0.4 is 20.1 Å². The molecular formula is C18H21ClF2N6O. The smallest absolute Gasteiger partial charge is 0.320 e. The second-order valence-electron chi connectivity index (χ2n) is 6.77. The summed E-state index contributed by atoms with van der Waals surface area (Å²) in [5.74, 6) is -1.75. The molecule has 1 saturated heterocycles. The van der Waals surface area contributed by atoms with Gasteiger partial charge in [-0.25, -0.2) is 8.78 Å². The van der Waals surface area contributed by atoms with Gasteiger partial charge in [0.15, 0.2) is 11.6 Å². The van der Waals surface area contributed by atoms with Crippen molar-refractivity contribution in [2.75, 3.05) is 42.1 Å². The fourth-order valence-electron chi connectivity index (χ4n) is 3.38. The van der Waals surface area contributed by atoms with Crippen LogP contribution in [0.15, 0.2) is 24.3 Å². The van der Waals surface area contributed by atoms with E-state index in [1.54, 1.807) is 10.0 Å². The van der Waals surface area contributed by atoms with Gasteiger partial charge in [-0.3, -0.25) is 10.4 Å². The molecule has 1 aromatic carbocycles. The monoisotopic (exact) mass is 410 g/mol. The molecule has 3 heterocycles. The lowest BCUT2D eigenvalue weighted by atomic mass is 10.2. The molecule has 2 aliphatic heterocycles. The Labute approximate surface area is 166 Å². The van der Waals surface area contributed by atoms with E-state index in [-0.39, 0.29) is 25.5 Å². The van der Waals surface area contributed by atoms with Crippen LogP contribution in [0.25, 0.3) is 0 Å². The highest BCUT2D eigenvalue weighted by Crippen LogP contribution is 2.43. The van der Waals surface area contributed by atoms with E-state index in [0.29, 0.717) is 35.5 Å². The average Bonchev–Trinajstić information content (AvgIpc) is 3.16. The van der Waals surface area contributed by atoms with Crippen molar-refractivity contribution >= 4 is 28.9 Å². The minimum Gasteiger partial charge on any atom is -0.464 e. The molecule has 2 aliphatic rings. The molecule has 0 atom stereocenters. The van der Waals surface area contributed by atoms with Gasteiger partial charge in [-0.1, -0.05) is 29.8 Å². The summed E-state index contributed by atoms with van der Waals surface area (Å²) in [7, 11) is 1.82. The number of hydrazine groups is 2. The van der Waals surface area contributed by atoms with Crippen LogP contribution in [-0.4, -0.2) is 47.8 Å². The zero-order valence-electron chi connectivity index (χ0n) is 15.6. The summed E-state index contributed by atoms with van der Waals surface area (Å²) in [6.07, 6.45) is -0.199. The first kappa shape index (κ1) is 18.9. The quantitative estimate of drug-likeness (QED) is 0.808. The number of halogens is 3. The fourth-order valence-corrected chi connectivity index (χ4v) is 3.57. The van der Waals surface area contributed by atoms with E-state index in [4.69, 9.17) is 16.3 Å². The number of nitrogens with one attached hydrogen (secondary N) is 1. The summed E-state index contributed by atoms with van der Waals surface area (Å²) in [5, 5.41) is 4.26. The molecule has 2 aromatic rings. The molecule has 150 valence electrons. The van der Waals surface area contributed by atoms with E-state index >= 15 is 0 Å². The maximum Gasteiger partial charge on any atom is 0.320 e. The van der Waals surface area contributed by atoms with E-state index in [1.165, 1.54) is 0 Å². The Balaban J connectivity index is 1.73. The van der Waals surface area contributed by atoms with Crippen LogP contribution in [0, 0.1) is 0 Å². The van der Waals surface area contributed by atoms with Crippen molar-refractivity contribution < 1.29 is 13.5 Å². The molecule has 10 heteroatoms. The zero-order valence-corrected chi connectivity index (χ0v) is 16.4. The molecule has 1 aromatic heterocycles. The van der Waals surface area contributed by atoms with Crippen molar-refractivity contribution in [2.24, 2.45) is 0 Å². The highest BCUT2D eigenvalue weighted by molar-refractivity contribution is 6.31. The Morgan fingerprint density at radius 2 is 2.00 bits per heavy atom. The zero-order chi connectivity index (χ0) is 19.9. The fraction of sp³-hybridized carbons (Fsp3) is 0.444. The predicted molar refractivity (Wildman–Crippen MR) is 104 cm³/mol. The molecular weight excluding hydrogens is 390 g/mol. The number of anilines is 3. The lowest BCUT2D eigenvalue weighted by Gasteiger charge is -2.25. The number of aromatic nitrogens is 2. The standard InChI is InChI=1S/C18H21ClF2N6O/c1-3-28-17-22-15(26-9-8-18(20,21)11-26)14-16(23-17)27(25(2)24-14)10-12-6-4-5-7-13(12)19/h4-7,24H,3,8-11H2,1-2H3. The molecule has 7 nitrogen and oxygen atoms in total. The third kappa shape index (κ3) is 3.51. The number of nitrogens with zero attached hydrogens (tertiary/aromatic N) is 5. The van der Waals surface area contributed by atoms with Gasteiger partial charge in [0, 0.05) is 25.0 Å². The summed E-state index contributed by atoms with van der Waals surface area (Å²) >= 11 is 6.31. The lowest BCUT2D eigenvalue weighted by molar-refractivity contribution is 0.0256. The van der Waals surface area contributed by atoms with Crippen LogP contribution in [0.4, 0.5) is 26.1 Å².